The first-order valence-corrected chi connectivity index (χ1v) is 14.9. The van der Waals surface area contributed by atoms with Crippen LogP contribution in [-0.2, 0) is 9.36 Å². The summed E-state index contributed by atoms with van der Waals surface area (Å²) in [4.78, 5) is 22.8. The molecule has 0 unspecified atom stereocenters. The minimum atomic E-state index is -2.50. The molecular formula is C26H38N5O2P. The third-order valence-electron chi connectivity index (χ3n) is 6.10. The smallest absolute Gasteiger partial charge is 0.212 e. The van der Waals surface area contributed by atoms with Crippen LogP contribution < -0.4 is 15.9 Å². The molecule has 0 spiro atoms. The van der Waals surface area contributed by atoms with E-state index in [1.54, 1.807) is 19.4 Å². The Hall–Kier alpha value is -2.66. The van der Waals surface area contributed by atoms with Crippen LogP contribution in [0.1, 0.15) is 70.2 Å². The molecule has 3 N–H and O–H groups in total. The lowest BCUT2D eigenvalue weighted by molar-refractivity contribution is -0.105. The zero-order valence-corrected chi connectivity index (χ0v) is 22.1. The van der Waals surface area contributed by atoms with Gasteiger partial charge >= 0.3 is 0 Å². The van der Waals surface area contributed by atoms with Crippen molar-refractivity contribution in [1.82, 2.24) is 15.0 Å². The van der Waals surface area contributed by atoms with Crippen molar-refractivity contribution in [1.29, 1.82) is 0 Å². The van der Waals surface area contributed by atoms with Crippen molar-refractivity contribution >= 4 is 47.2 Å². The van der Waals surface area contributed by atoms with Gasteiger partial charge in [0.1, 0.15) is 24.3 Å². The van der Waals surface area contributed by atoms with Gasteiger partial charge in [-0.1, -0.05) is 46.1 Å². The number of aryl methyl sites for hydroxylation is 1. The lowest BCUT2D eigenvalue weighted by Crippen LogP contribution is -2.15. The second-order valence-electron chi connectivity index (χ2n) is 9.40. The van der Waals surface area contributed by atoms with Gasteiger partial charge in [0, 0.05) is 17.1 Å². The number of fused-ring (bicyclic) bond motifs is 1. The summed E-state index contributed by atoms with van der Waals surface area (Å²) in [6, 6.07) is 7.96. The van der Waals surface area contributed by atoms with Gasteiger partial charge in [-0.3, -0.25) is 4.79 Å². The van der Waals surface area contributed by atoms with Crippen LogP contribution in [0.5, 0.6) is 0 Å². The summed E-state index contributed by atoms with van der Waals surface area (Å²) in [6.45, 7) is 11.7. The number of H-pyrrole nitrogens is 1. The average molecular weight is 484 g/mol. The van der Waals surface area contributed by atoms with Crippen molar-refractivity contribution in [2.75, 3.05) is 24.0 Å². The van der Waals surface area contributed by atoms with Crippen molar-refractivity contribution in [2.45, 2.75) is 65.7 Å². The van der Waals surface area contributed by atoms with E-state index >= 15 is 0 Å². The Morgan fingerprint density at radius 3 is 2.26 bits per heavy atom. The highest BCUT2D eigenvalue weighted by atomic mass is 31.2. The topological polar surface area (TPSA) is 99.8 Å². The van der Waals surface area contributed by atoms with Crippen LogP contribution in [0.3, 0.4) is 0 Å². The second kappa shape index (κ2) is 11.2. The van der Waals surface area contributed by atoms with Crippen LogP contribution in [0.15, 0.2) is 24.3 Å². The van der Waals surface area contributed by atoms with Crippen LogP contribution in [0.2, 0.25) is 0 Å². The van der Waals surface area contributed by atoms with Crippen molar-refractivity contribution in [3.05, 3.63) is 35.7 Å². The van der Waals surface area contributed by atoms with Crippen molar-refractivity contribution in [3.8, 4) is 0 Å². The maximum Gasteiger partial charge on any atom is 0.212 e. The molecule has 1 aromatic carbocycles. The molecule has 2 aliphatic carbocycles. The number of nitrogens with zero attached hydrogens (tertiary/aromatic N) is 2. The lowest BCUT2D eigenvalue weighted by Gasteiger charge is -2.27. The predicted octanol–water partition coefficient (Wildman–Crippen LogP) is 6.54. The molecule has 0 radical (unpaired) electrons. The molecule has 5 rings (SSSR count). The fraction of sp³-hybridized carbons (Fsp3) is 0.500. The summed E-state index contributed by atoms with van der Waals surface area (Å²) in [6.07, 6.45) is 7.21. The standard InChI is InChI=1S/C20H24N5O2P.C4H8.C2H6/c1-12-22-19-16(10-18(21-11-26)25-20(19)23-12)24-15-8-7-14(13-5-4-6-13)9-17(15)28(2,3)27;1-4-2-3-4;1-2/h7-11,13H,4-6H2,1-3H3,(H3,21,22,23,24,25,26);4H,2-3H2,1H3;1-2H3. The fourth-order valence-electron chi connectivity index (χ4n) is 3.74. The van der Waals surface area contributed by atoms with Crippen molar-refractivity contribution in [2.24, 2.45) is 5.92 Å². The number of benzene rings is 1. The zero-order chi connectivity index (χ0) is 24.9. The molecule has 3 aromatic rings. The van der Waals surface area contributed by atoms with E-state index < -0.39 is 7.14 Å². The number of carbonyl (C=O) groups excluding carboxylic acids is 1. The summed E-state index contributed by atoms with van der Waals surface area (Å²) in [5.41, 5.74) is 4.03. The highest BCUT2D eigenvalue weighted by molar-refractivity contribution is 7.70. The van der Waals surface area contributed by atoms with Gasteiger partial charge in [-0.2, -0.15) is 0 Å². The first kappa shape index (κ1) is 26.0. The molecule has 184 valence electrons. The number of rotatable bonds is 6. The Bertz CT molecular complexity index is 1180. The molecule has 0 aliphatic heterocycles. The van der Waals surface area contributed by atoms with Crippen LogP contribution in [-0.4, -0.2) is 34.7 Å². The van der Waals surface area contributed by atoms with E-state index in [1.165, 1.54) is 37.7 Å². The van der Waals surface area contributed by atoms with Gasteiger partial charge in [0.25, 0.3) is 0 Å². The maximum absolute atomic E-state index is 13.0. The number of aromatic amines is 1. The Balaban J connectivity index is 0.000000480. The molecule has 2 saturated carbocycles. The summed E-state index contributed by atoms with van der Waals surface area (Å²) < 4.78 is 13.0. The summed E-state index contributed by atoms with van der Waals surface area (Å²) in [7, 11) is -2.50. The molecule has 0 atom stereocenters. The first-order valence-electron chi connectivity index (χ1n) is 12.3. The number of imidazole rings is 1. The number of aromatic nitrogens is 3. The Labute approximate surface area is 202 Å². The summed E-state index contributed by atoms with van der Waals surface area (Å²) >= 11 is 0. The molecular weight excluding hydrogens is 445 g/mol. The normalized spacial score (nSPS) is 15.4. The molecule has 34 heavy (non-hydrogen) atoms. The van der Waals surface area contributed by atoms with Crippen LogP contribution >= 0.6 is 7.14 Å². The molecule has 0 bridgehead atoms. The number of amides is 1. The Kier molecular flexibility index (Phi) is 8.53. The number of carbonyl (C=O) groups is 1. The second-order valence-corrected chi connectivity index (χ2v) is 12.6. The Morgan fingerprint density at radius 1 is 1.06 bits per heavy atom. The van der Waals surface area contributed by atoms with E-state index in [1.807, 2.05) is 26.8 Å². The van der Waals surface area contributed by atoms with E-state index in [4.69, 9.17) is 0 Å². The monoisotopic (exact) mass is 483 g/mol. The molecule has 2 aliphatic rings. The van der Waals surface area contributed by atoms with E-state index in [-0.39, 0.29) is 0 Å². The number of pyridine rings is 1. The molecule has 2 heterocycles. The van der Waals surface area contributed by atoms with E-state index in [2.05, 4.69) is 44.6 Å². The minimum Gasteiger partial charge on any atom is -0.353 e. The van der Waals surface area contributed by atoms with Gasteiger partial charge in [-0.25, -0.2) is 9.97 Å². The molecule has 8 heteroatoms. The molecule has 0 saturated heterocycles. The predicted molar refractivity (Wildman–Crippen MR) is 143 cm³/mol. The molecule has 2 aromatic heterocycles. The first-order chi connectivity index (χ1) is 16.2. The van der Waals surface area contributed by atoms with Gasteiger partial charge < -0.3 is 20.2 Å². The SMILES string of the molecule is CC.CC1CC1.Cc1nc2nc(NC=O)cc(Nc3ccc(C4CCC4)cc3P(C)(C)=O)c2[nH]1. The van der Waals surface area contributed by atoms with Crippen LogP contribution in [0, 0.1) is 12.8 Å². The van der Waals surface area contributed by atoms with Gasteiger partial charge in [-0.15, -0.1) is 0 Å². The van der Waals surface area contributed by atoms with E-state index in [0.717, 1.165) is 33.9 Å². The van der Waals surface area contributed by atoms with Gasteiger partial charge in [0.05, 0.1) is 5.69 Å². The average Bonchev–Trinajstić information content (AvgIpc) is 3.44. The maximum atomic E-state index is 13.0. The van der Waals surface area contributed by atoms with Crippen LogP contribution in [0.4, 0.5) is 17.2 Å². The molecule has 2 fully saturated rings. The third kappa shape index (κ3) is 6.47. The highest BCUT2D eigenvalue weighted by Crippen LogP contribution is 2.42. The highest BCUT2D eigenvalue weighted by Gasteiger charge is 2.24. The molecule has 7 nitrogen and oxygen atoms in total. The minimum absolute atomic E-state index is 0.403. The number of nitrogens with one attached hydrogen (secondary N) is 3. The van der Waals surface area contributed by atoms with Gasteiger partial charge in [0.15, 0.2) is 5.65 Å². The largest absolute Gasteiger partial charge is 0.353 e. The Morgan fingerprint density at radius 2 is 1.74 bits per heavy atom. The van der Waals surface area contributed by atoms with E-state index in [9.17, 15) is 9.36 Å². The van der Waals surface area contributed by atoms with Crippen molar-refractivity contribution in [3.63, 3.8) is 0 Å². The number of hydrogen-bond acceptors (Lipinski definition) is 5. The fourth-order valence-corrected chi connectivity index (χ4v) is 4.91. The quantitative estimate of drug-likeness (QED) is 0.273. The summed E-state index contributed by atoms with van der Waals surface area (Å²) in [5.74, 6) is 2.79. The van der Waals surface area contributed by atoms with Gasteiger partial charge in [-0.05, 0) is 62.6 Å². The zero-order valence-electron chi connectivity index (χ0n) is 21.2. The van der Waals surface area contributed by atoms with E-state index in [0.29, 0.717) is 23.8 Å². The lowest BCUT2D eigenvalue weighted by atomic mass is 9.80. The van der Waals surface area contributed by atoms with Crippen molar-refractivity contribution < 1.29 is 9.36 Å². The number of hydrogen-bond donors (Lipinski definition) is 3. The third-order valence-corrected chi connectivity index (χ3v) is 7.63. The summed E-state index contributed by atoms with van der Waals surface area (Å²) in [5, 5.41) is 6.81. The number of anilines is 3. The van der Waals surface area contributed by atoms with Gasteiger partial charge in [0.2, 0.25) is 6.41 Å². The van der Waals surface area contributed by atoms with Crippen LogP contribution in [0.25, 0.3) is 11.2 Å². The molecule has 1 amide bonds.